The standard InChI is InChI=1S/C20H25N3O6/c1-7-14(23-11(4)9-10(3)21-20(23)27)17(25)22-18-16(19(26)28-8-2)15(12(5)24)13(6)29-18/h9,14H,7-8H2,1-6H3,(H,22,25). The van der Waals surface area contributed by atoms with Crippen LogP contribution in [0.2, 0.25) is 0 Å². The summed E-state index contributed by atoms with van der Waals surface area (Å²) in [6.07, 6.45) is 0.297. The van der Waals surface area contributed by atoms with Gasteiger partial charge < -0.3 is 9.15 Å². The van der Waals surface area contributed by atoms with Gasteiger partial charge in [0.1, 0.15) is 17.4 Å². The van der Waals surface area contributed by atoms with Crippen LogP contribution < -0.4 is 11.0 Å². The second-order valence-electron chi connectivity index (χ2n) is 6.62. The van der Waals surface area contributed by atoms with Crippen LogP contribution in [0, 0.1) is 20.8 Å². The molecule has 1 unspecified atom stereocenters. The zero-order valence-electron chi connectivity index (χ0n) is 17.4. The average Bonchev–Trinajstić information content (AvgIpc) is 2.94. The number of aromatic nitrogens is 2. The summed E-state index contributed by atoms with van der Waals surface area (Å²) in [7, 11) is 0. The van der Waals surface area contributed by atoms with E-state index in [9.17, 15) is 19.2 Å². The van der Waals surface area contributed by atoms with Crippen molar-refractivity contribution in [2.45, 2.75) is 54.0 Å². The number of esters is 1. The van der Waals surface area contributed by atoms with E-state index in [1.807, 2.05) is 0 Å². The Morgan fingerprint density at radius 2 is 1.86 bits per heavy atom. The first kappa shape index (κ1) is 22.1. The smallest absolute Gasteiger partial charge is 0.348 e. The highest BCUT2D eigenvalue weighted by Gasteiger charge is 2.31. The van der Waals surface area contributed by atoms with Crippen molar-refractivity contribution < 1.29 is 23.5 Å². The Labute approximate surface area is 168 Å². The third-order valence-corrected chi connectivity index (χ3v) is 4.43. The average molecular weight is 403 g/mol. The number of aryl methyl sites for hydroxylation is 3. The molecule has 0 aliphatic heterocycles. The van der Waals surface area contributed by atoms with Crippen LogP contribution in [-0.2, 0) is 9.53 Å². The first-order valence-corrected chi connectivity index (χ1v) is 9.31. The molecule has 2 aromatic heterocycles. The lowest BCUT2D eigenvalue weighted by Gasteiger charge is -2.19. The predicted molar refractivity (Wildman–Crippen MR) is 105 cm³/mol. The third kappa shape index (κ3) is 4.44. The number of hydrogen-bond acceptors (Lipinski definition) is 7. The Kier molecular flexibility index (Phi) is 6.73. The molecule has 0 aliphatic carbocycles. The van der Waals surface area contributed by atoms with Crippen molar-refractivity contribution in [2.75, 3.05) is 11.9 Å². The van der Waals surface area contributed by atoms with E-state index < -0.39 is 29.4 Å². The molecule has 0 saturated heterocycles. The van der Waals surface area contributed by atoms with Crippen LogP contribution in [0.3, 0.4) is 0 Å². The van der Waals surface area contributed by atoms with Gasteiger partial charge in [-0.3, -0.25) is 19.5 Å². The number of anilines is 1. The van der Waals surface area contributed by atoms with Crippen molar-refractivity contribution in [3.05, 3.63) is 44.8 Å². The first-order valence-electron chi connectivity index (χ1n) is 9.31. The highest BCUT2D eigenvalue weighted by molar-refractivity contribution is 6.11. The minimum Gasteiger partial charge on any atom is -0.462 e. The summed E-state index contributed by atoms with van der Waals surface area (Å²) in [6, 6.07) is 0.823. The number of ketones is 1. The molecule has 9 heteroatoms. The zero-order chi connectivity index (χ0) is 21.9. The molecule has 0 spiro atoms. The van der Waals surface area contributed by atoms with Gasteiger partial charge in [-0.2, -0.15) is 4.98 Å². The van der Waals surface area contributed by atoms with Crippen LogP contribution >= 0.6 is 0 Å². The molecule has 1 atom stereocenters. The lowest BCUT2D eigenvalue weighted by molar-refractivity contribution is -0.119. The molecule has 0 aliphatic rings. The lowest BCUT2D eigenvalue weighted by atomic mass is 10.1. The summed E-state index contributed by atoms with van der Waals surface area (Å²) >= 11 is 0. The monoisotopic (exact) mass is 403 g/mol. The first-order chi connectivity index (χ1) is 13.6. The molecule has 29 heavy (non-hydrogen) atoms. The highest BCUT2D eigenvalue weighted by Crippen LogP contribution is 2.29. The van der Waals surface area contributed by atoms with Crippen LogP contribution in [0.5, 0.6) is 0 Å². The van der Waals surface area contributed by atoms with E-state index in [0.29, 0.717) is 17.8 Å². The predicted octanol–water partition coefficient (Wildman–Crippen LogP) is 2.73. The molecule has 9 nitrogen and oxygen atoms in total. The number of hydrogen-bond donors (Lipinski definition) is 1. The maximum absolute atomic E-state index is 13.0. The molecule has 0 radical (unpaired) electrons. The van der Waals surface area contributed by atoms with E-state index in [1.54, 1.807) is 33.8 Å². The van der Waals surface area contributed by atoms with Crippen molar-refractivity contribution in [2.24, 2.45) is 0 Å². The Hall–Kier alpha value is -3.23. The molecule has 1 amide bonds. The van der Waals surface area contributed by atoms with Gasteiger partial charge in [-0.1, -0.05) is 6.92 Å². The Morgan fingerprint density at radius 3 is 2.38 bits per heavy atom. The van der Waals surface area contributed by atoms with Crippen molar-refractivity contribution in [1.82, 2.24) is 9.55 Å². The van der Waals surface area contributed by atoms with Gasteiger partial charge >= 0.3 is 11.7 Å². The zero-order valence-corrected chi connectivity index (χ0v) is 17.4. The fourth-order valence-corrected chi connectivity index (χ4v) is 3.27. The molecule has 2 heterocycles. The number of rotatable bonds is 7. The third-order valence-electron chi connectivity index (χ3n) is 4.43. The summed E-state index contributed by atoms with van der Waals surface area (Å²) in [4.78, 5) is 53.6. The summed E-state index contributed by atoms with van der Waals surface area (Å²) in [5.41, 5.74) is 0.505. The maximum Gasteiger partial charge on any atom is 0.348 e. The van der Waals surface area contributed by atoms with Gasteiger partial charge in [0.25, 0.3) is 0 Å². The molecule has 0 aromatic carbocycles. The van der Waals surface area contributed by atoms with E-state index in [2.05, 4.69) is 10.3 Å². The number of carbonyl (C=O) groups is 3. The number of amides is 1. The van der Waals surface area contributed by atoms with Crippen LogP contribution in [0.25, 0.3) is 0 Å². The topological polar surface area (TPSA) is 120 Å². The van der Waals surface area contributed by atoms with Crippen molar-refractivity contribution in [3.63, 3.8) is 0 Å². The summed E-state index contributed by atoms with van der Waals surface area (Å²) < 4.78 is 11.8. The number of nitrogens with zero attached hydrogens (tertiary/aromatic N) is 2. The molecule has 0 saturated carbocycles. The molecule has 156 valence electrons. The van der Waals surface area contributed by atoms with E-state index in [4.69, 9.17) is 9.15 Å². The van der Waals surface area contributed by atoms with E-state index >= 15 is 0 Å². The SMILES string of the molecule is CCOC(=O)c1c(NC(=O)C(CC)n2c(C)cc(C)nc2=O)oc(C)c1C(C)=O. The fraction of sp³-hybridized carbons (Fsp3) is 0.450. The minimum atomic E-state index is -0.878. The van der Waals surface area contributed by atoms with Gasteiger partial charge in [0.15, 0.2) is 5.78 Å². The van der Waals surface area contributed by atoms with Gasteiger partial charge in [-0.15, -0.1) is 0 Å². The van der Waals surface area contributed by atoms with Crippen molar-refractivity contribution in [3.8, 4) is 0 Å². The van der Waals surface area contributed by atoms with Crippen LogP contribution in [0.15, 0.2) is 15.3 Å². The van der Waals surface area contributed by atoms with Gasteiger partial charge in [0.05, 0.1) is 12.2 Å². The fourth-order valence-electron chi connectivity index (χ4n) is 3.27. The molecule has 2 aromatic rings. The number of nitrogens with one attached hydrogen (secondary N) is 1. The minimum absolute atomic E-state index is 0.0529. The molecule has 2 rings (SSSR count). The number of furan rings is 1. The molecular weight excluding hydrogens is 378 g/mol. The van der Waals surface area contributed by atoms with Crippen LogP contribution in [-0.4, -0.2) is 33.8 Å². The van der Waals surface area contributed by atoms with Crippen molar-refractivity contribution >= 4 is 23.5 Å². The number of Topliss-reactive ketones (excluding diaryl/α,β-unsaturated/α-hetero) is 1. The molecule has 0 bridgehead atoms. The normalized spacial score (nSPS) is 11.8. The lowest BCUT2D eigenvalue weighted by Crippen LogP contribution is -2.36. The van der Waals surface area contributed by atoms with Gasteiger partial charge in [0.2, 0.25) is 11.8 Å². The van der Waals surface area contributed by atoms with Crippen LogP contribution in [0.4, 0.5) is 5.88 Å². The van der Waals surface area contributed by atoms with Gasteiger partial charge in [-0.25, -0.2) is 9.59 Å². The Morgan fingerprint density at radius 1 is 1.21 bits per heavy atom. The molecule has 0 fully saturated rings. The van der Waals surface area contributed by atoms with E-state index in [0.717, 1.165) is 0 Å². The van der Waals surface area contributed by atoms with Gasteiger partial charge in [0, 0.05) is 11.4 Å². The van der Waals surface area contributed by atoms with Crippen LogP contribution in [0.1, 0.15) is 71.1 Å². The largest absolute Gasteiger partial charge is 0.462 e. The second kappa shape index (κ2) is 8.85. The van der Waals surface area contributed by atoms with Crippen molar-refractivity contribution in [1.29, 1.82) is 0 Å². The molecular formula is C20H25N3O6. The summed E-state index contributed by atoms with van der Waals surface area (Å²) in [5, 5.41) is 2.54. The highest BCUT2D eigenvalue weighted by atomic mass is 16.5. The van der Waals surface area contributed by atoms with E-state index in [-0.39, 0.29) is 29.4 Å². The Bertz CT molecular complexity index is 1020. The molecule has 1 N–H and O–H groups in total. The summed E-state index contributed by atoms with van der Waals surface area (Å²) in [5.74, 6) is -1.73. The van der Waals surface area contributed by atoms with Gasteiger partial charge in [-0.05, 0) is 47.1 Å². The maximum atomic E-state index is 13.0. The Balaban J connectivity index is 2.49. The second-order valence-corrected chi connectivity index (χ2v) is 6.62. The number of carbonyl (C=O) groups excluding carboxylic acids is 3. The summed E-state index contributed by atoms with van der Waals surface area (Å²) in [6.45, 7) is 9.68. The quantitative estimate of drug-likeness (QED) is 0.557. The van der Waals surface area contributed by atoms with E-state index in [1.165, 1.54) is 18.4 Å². The number of ether oxygens (including phenoxy) is 1.